The number of hydrogen-bond acceptors (Lipinski definition) is 1. The van der Waals surface area contributed by atoms with Crippen LogP contribution in [0, 0.1) is 6.92 Å². The molecule has 0 bridgehead atoms. The summed E-state index contributed by atoms with van der Waals surface area (Å²) in [4.78, 5) is 0. The van der Waals surface area contributed by atoms with Crippen LogP contribution >= 0.6 is 11.6 Å². The molecule has 0 aliphatic heterocycles. The van der Waals surface area contributed by atoms with Crippen LogP contribution in [0.2, 0.25) is 5.02 Å². The van der Waals surface area contributed by atoms with Crippen molar-refractivity contribution in [3.8, 4) is 0 Å². The summed E-state index contributed by atoms with van der Waals surface area (Å²) in [7, 11) is 2.02. The second kappa shape index (κ2) is 7.47. The van der Waals surface area contributed by atoms with Gasteiger partial charge < -0.3 is 5.32 Å². The lowest BCUT2D eigenvalue weighted by molar-refractivity contribution is 0.527. The molecule has 0 spiro atoms. The Morgan fingerprint density at radius 3 is 2.50 bits per heavy atom. The van der Waals surface area contributed by atoms with Gasteiger partial charge in [-0.1, -0.05) is 54.1 Å². The molecule has 106 valence electrons. The normalized spacial score (nSPS) is 12.3. The zero-order valence-corrected chi connectivity index (χ0v) is 13.0. The predicted octanol–water partition coefficient (Wildman–Crippen LogP) is 4.93. The molecule has 0 aromatic heterocycles. The highest BCUT2D eigenvalue weighted by Gasteiger charge is 2.10. The van der Waals surface area contributed by atoms with E-state index in [0.29, 0.717) is 6.04 Å². The molecule has 1 N–H and O–H groups in total. The van der Waals surface area contributed by atoms with Crippen molar-refractivity contribution in [1.82, 2.24) is 5.32 Å². The Balaban J connectivity index is 1.93. The summed E-state index contributed by atoms with van der Waals surface area (Å²) in [6, 6.07) is 17.4. The van der Waals surface area contributed by atoms with Crippen LogP contribution in [0.15, 0.2) is 48.5 Å². The maximum Gasteiger partial charge on any atom is 0.0435 e. The first-order chi connectivity index (χ1) is 9.70. The molecule has 2 heteroatoms. The average Bonchev–Trinajstić information content (AvgIpc) is 2.48. The third-order valence-electron chi connectivity index (χ3n) is 3.73. The van der Waals surface area contributed by atoms with Crippen LogP contribution < -0.4 is 5.32 Å². The largest absolute Gasteiger partial charge is 0.313 e. The fourth-order valence-corrected chi connectivity index (χ4v) is 2.63. The highest BCUT2D eigenvalue weighted by Crippen LogP contribution is 2.24. The first-order valence-corrected chi connectivity index (χ1v) is 7.55. The van der Waals surface area contributed by atoms with Crippen molar-refractivity contribution >= 4 is 11.6 Å². The summed E-state index contributed by atoms with van der Waals surface area (Å²) >= 11 is 6.09. The molecule has 2 rings (SSSR count). The third kappa shape index (κ3) is 4.09. The number of rotatable bonds is 6. The summed E-state index contributed by atoms with van der Waals surface area (Å²) < 4.78 is 0. The van der Waals surface area contributed by atoms with Gasteiger partial charge in [-0.15, -0.1) is 0 Å². The molecule has 0 fully saturated rings. The van der Waals surface area contributed by atoms with Gasteiger partial charge in [0.25, 0.3) is 0 Å². The van der Waals surface area contributed by atoms with E-state index in [9.17, 15) is 0 Å². The maximum atomic E-state index is 6.09. The average molecular weight is 288 g/mol. The highest BCUT2D eigenvalue weighted by atomic mass is 35.5. The smallest absolute Gasteiger partial charge is 0.0435 e. The van der Waals surface area contributed by atoms with Crippen molar-refractivity contribution in [2.75, 3.05) is 7.05 Å². The van der Waals surface area contributed by atoms with Crippen molar-refractivity contribution in [2.45, 2.75) is 32.2 Å². The van der Waals surface area contributed by atoms with Crippen molar-refractivity contribution < 1.29 is 0 Å². The van der Waals surface area contributed by atoms with Gasteiger partial charge in [0.05, 0.1) is 0 Å². The van der Waals surface area contributed by atoms with Gasteiger partial charge in [0.2, 0.25) is 0 Å². The molecule has 1 atom stereocenters. The molecule has 2 aromatic rings. The van der Waals surface area contributed by atoms with Crippen LogP contribution in [0.1, 0.15) is 35.6 Å². The van der Waals surface area contributed by atoms with Gasteiger partial charge in [0.1, 0.15) is 0 Å². The lowest BCUT2D eigenvalue weighted by atomic mass is 9.98. The van der Waals surface area contributed by atoms with Gasteiger partial charge in [-0.3, -0.25) is 0 Å². The van der Waals surface area contributed by atoms with Crippen LogP contribution in [-0.4, -0.2) is 7.05 Å². The number of nitrogens with one attached hydrogen (secondary N) is 1. The fraction of sp³-hybridized carbons (Fsp3) is 0.333. The highest BCUT2D eigenvalue weighted by molar-refractivity contribution is 6.31. The molecule has 0 heterocycles. The Morgan fingerprint density at radius 2 is 1.85 bits per heavy atom. The summed E-state index contributed by atoms with van der Waals surface area (Å²) in [5, 5.41) is 4.25. The Labute approximate surface area is 127 Å². The zero-order valence-electron chi connectivity index (χ0n) is 12.2. The minimum Gasteiger partial charge on any atom is -0.313 e. The number of aryl methyl sites for hydroxylation is 2. The number of halogens is 1. The molecule has 0 aliphatic carbocycles. The topological polar surface area (TPSA) is 12.0 Å². The van der Waals surface area contributed by atoms with Crippen LogP contribution in [0.25, 0.3) is 0 Å². The summed E-state index contributed by atoms with van der Waals surface area (Å²) in [5.41, 5.74) is 3.88. The van der Waals surface area contributed by atoms with Crippen LogP contribution in [0.4, 0.5) is 0 Å². The van der Waals surface area contributed by atoms with E-state index >= 15 is 0 Å². The van der Waals surface area contributed by atoms with Gasteiger partial charge in [0.15, 0.2) is 0 Å². The van der Waals surface area contributed by atoms with Crippen LogP contribution in [0.5, 0.6) is 0 Å². The molecular weight excluding hydrogens is 266 g/mol. The summed E-state index contributed by atoms with van der Waals surface area (Å²) in [6.07, 6.45) is 3.44. The van der Waals surface area contributed by atoms with Crippen LogP contribution in [0.3, 0.4) is 0 Å². The molecule has 0 radical (unpaired) electrons. The Kier molecular flexibility index (Phi) is 5.63. The van der Waals surface area contributed by atoms with E-state index in [1.54, 1.807) is 0 Å². The minimum absolute atomic E-state index is 0.398. The quantitative estimate of drug-likeness (QED) is 0.794. The van der Waals surface area contributed by atoms with E-state index in [0.717, 1.165) is 23.4 Å². The lowest BCUT2D eigenvalue weighted by Gasteiger charge is -2.17. The Morgan fingerprint density at radius 1 is 1.10 bits per heavy atom. The van der Waals surface area contributed by atoms with E-state index in [1.165, 1.54) is 17.5 Å². The second-order valence-electron chi connectivity index (χ2n) is 5.23. The van der Waals surface area contributed by atoms with Crippen molar-refractivity contribution in [3.63, 3.8) is 0 Å². The molecular formula is C18H22ClN. The first-order valence-electron chi connectivity index (χ1n) is 7.18. The van der Waals surface area contributed by atoms with Gasteiger partial charge in [-0.2, -0.15) is 0 Å². The van der Waals surface area contributed by atoms with E-state index in [1.807, 2.05) is 13.1 Å². The SMILES string of the molecule is CNC(CCCc1ccccc1)c1ccc(Cl)c(C)c1. The van der Waals surface area contributed by atoms with E-state index in [4.69, 9.17) is 11.6 Å². The van der Waals surface area contributed by atoms with E-state index < -0.39 is 0 Å². The maximum absolute atomic E-state index is 6.09. The predicted molar refractivity (Wildman–Crippen MR) is 87.4 cm³/mol. The van der Waals surface area contributed by atoms with Crippen LogP contribution in [-0.2, 0) is 6.42 Å². The molecule has 20 heavy (non-hydrogen) atoms. The number of hydrogen-bond donors (Lipinski definition) is 1. The molecule has 0 saturated carbocycles. The standard InChI is InChI=1S/C18H22ClN/c1-14-13-16(11-12-17(14)19)18(20-2)10-6-9-15-7-4-3-5-8-15/h3-5,7-8,11-13,18,20H,6,9-10H2,1-2H3. The van der Waals surface area contributed by atoms with Gasteiger partial charge in [0, 0.05) is 11.1 Å². The molecule has 1 unspecified atom stereocenters. The summed E-state index contributed by atoms with van der Waals surface area (Å²) in [5.74, 6) is 0. The second-order valence-corrected chi connectivity index (χ2v) is 5.63. The van der Waals surface area contributed by atoms with E-state index in [-0.39, 0.29) is 0 Å². The third-order valence-corrected chi connectivity index (χ3v) is 4.16. The van der Waals surface area contributed by atoms with Gasteiger partial charge in [-0.05, 0) is 56.0 Å². The van der Waals surface area contributed by atoms with E-state index in [2.05, 4.69) is 54.7 Å². The zero-order chi connectivity index (χ0) is 14.4. The molecule has 0 amide bonds. The van der Waals surface area contributed by atoms with Gasteiger partial charge >= 0.3 is 0 Å². The molecule has 1 nitrogen and oxygen atoms in total. The molecule has 2 aromatic carbocycles. The fourth-order valence-electron chi connectivity index (χ4n) is 2.52. The number of benzene rings is 2. The lowest BCUT2D eigenvalue weighted by Crippen LogP contribution is -2.16. The first kappa shape index (κ1) is 15.1. The van der Waals surface area contributed by atoms with Crippen molar-refractivity contribution in [3.05, 3.63) is 70.2 Å². The van der Waals surface area contributed by atoms with Crippen molar-refractivity contribution in [2.24, 2.45) is 0 Å². The van der Waals surface area contributed by atoms with Crippen molar-refractivity contribution in [1.29, 1.82) is 0 Å². The Hall–Kier alpha value is -1.31. The molecule has 0 saturated heterocycles. The molecule has 0 aliphatic rings. The van der Waals surface area contributed by atoms with Gasteiger partial charge in [-0.25, -0.2) is 0 Å². The monoisotopic (exact) mass is 287 g/mol. The minimum atomic E-state index is 0.398. The Bertz CT molecular complexity index is 536. The summed E-state index contributed by atoms with van der Waals surface area (Å²) in [6.45, 7) is 2.06.